The Morgan fingerprint density at radius 1 is 1.00 bits per heavy atom. The summed E-state index contributed by atoms with van der Waals surface area (Å²) >= 11 is 0. The highest BCUT2D eigenvalue weighted by atomic mass is 19.1. The zero-order valence-electron chi connectivity index (χ0n) is 21.7. The van der Waals surface area contributed by atoms with Gasteiger partial charge in [0.25, 0.3) is 5.91 Å². The lowest BCUT2D eigenvalue weighted by Crippen LogP contribution is -2.39. The lowest BCUT2D eigenvalue weighted by atomic mass is 9.93. The summed E-state index contributed by atoms with van der Waals surface area (Å²) in [4.78, 5) is 31.2. The van der Waals surface area contributed by atoms with Crippen LogP contribution in [0.25, 0.3) is 34.2 Å². The molecule has 0 unspecified atom stereocenters. The molecule has 0 spiro atoms. The first kappa shape index (κ1) is 25.2. The van der Waals surface area contributed by atoms with E-state index in [2.05, 4.69) is 22.2 Å². The molecule has 3 aromatic carbocycles. The largest absolute Gasteiger partial charge is 0.478 e. The predicted octanol–water partition coefficient (Wildman–Crippen LogP) is 6.06. The molecule has 0 fully saturated rings. The van der Waals surface area contributed by atoms with Crippen LogP contribution in [0.1, 0.15) is 40.1 Å². The fourth-order valence-electron chi connectivity index (χ4n) is 5.24. The van der Waals surface area contributed by atoms with Crippen molar-refractivity contribution in [3.05, 3.63) is 119 Å². The number of carbonyl (C=O) groups excluding carboxylic acids is 1. The molecule has 0 radical (unpaired) electrons. The van der Waals surface area contributed by atoms with Crippen LogP contribution < -0.4 is 0 Å². The zero-order chi connectivity index (χ0) is 27.8. The number of benzene rings is 3. The minimum absolute atomic E-state index is 0.0982. The Hall–Kier alpha value is -5.11. The molecule has 7 nitrogen and oxygen atoms in total. The van der Waals surface area contributed by atoms with Crippen LogP contribution in [0.15, 0.2) is 91.0 Å². The first-order valence-electron chi connectivity index (χ1n) is 12.9. The first-order chi connectivity index (χ1) is 19.4. The third-order valence-corrected chi connectivity index (χ3v) is 7.26. The molecule has 0 saturated heterocycles. The van der Waals surface area contributed by atoms with Gasteiger partial charge in [-0.25, -0.2) is 18.7 Å². The number of aromatic nitrogens is 3. The van der Waals surface area contributed by atoms with E-state index < -0.39 is 11.8 Å². The third-order valence-electron chi connectivity index (χ3n) is 7.26. The van der Waals surface area contributed by atoms with Gasteiger partial charge in [-0.3, -0.25) is 4.79 Å². The second-order valence-electron chi connectivity index (χ2n) is 9.73. The number of halogens is 1. The van der Waals surface area contributed by atoms with Gasteiger partial charge in [0.15, 0.2) is 5.65 Å². The van der Waals surface area contributed by atoms with Crippen molar-refractivity contribution in [2.45, 2.75) is 19.4 Å². The number of amides is 1. The van der Waals surface area contributed by atoms with Crippen LogP contribution in [0, 0.1) is 5.82 Å². The van der Waals surface area contributed by atoms with Crippen LogP contribution >= 0.6 is 0 Å². The van der Waals surface area contributed by atoms with E-state index in [-0.39, 0.29) is 17.5 Å². The molecule has 1 amide bonds. The maximum atomic E-state index is 15.1. The van der Waals surface area contributed by atoms with Crippen molar-refractivity contribution < 1.29 is 19.1 Å². The number of carboxylic acids is 1. The summed E-state index contributed by atoms with van der Waals surface area (Å²) in [6.07, 6.45) is 3.05. The second kappa shape index (κ2) is 10.2. The number of hydrogen-bond acceptors (Lipinski definition) is 4. The topological polar surface area (TPSA) is 87.8 Å². The minimum atomic E-state index is -1.11. The van der Waals surface area contributed by atoms with Crippen LogP contribution in [-0.2, 0) is 11.2 Å². The van der Waals surface area contributed by atoms with Crippen molar-refractivity contribution in [1.82, 2.24) is 19.5 Å². The second-order valence-corrected chi connectivity index (χ2v) is 9.73. The highest BCUT2D eigenvalue weighted by Gasteiger charge is 2.29. The Morgan fingerprint density at radius 3 is 2.55 bits per heavy atom. The molecule has 1 N–H and O–H groups in total. The maximum absolute atomic E-state index is 15.1. The average Bonchev–Trinajstić information content (AvgIpc) is 3.40. The molecule has 2 aromatic heterocycles. The standard InChI is InChI=1S/C32H25FN4O3/c1-20-24-10-6-5-7-22(24)15-16-36(20)32(40)28-18-29(23-8-3-2-4-9-23)37-30(34-28)19-27(35-37)25-13-11-21(17-26(25)33)12-14-31(38)39/h2-14,17-20H,15-16H2,1H3,(H,38,39)/b14-12+/t20-/m1/s1. The molecule has 0 aliphatic carbocycles. The van der Waals surface area contributed by atoms with Crippen LogP contribution in [0.3, 0.4) is 0 Å². The molecule has 8 heteroatoms. The molecule has 0 bridgehead atoms. The van der Waals surface area contributed by atoms with Crippen LogP contribution in [0.4, 0.5) is 4.39 Å². The third kappa shape index (κ3) is 4.64. The van der Waals surface area contributed by atoms with Crippen molar-refractivity contribution >= 4 is 23.6 Å². The van der Waals surface area contributed by atoms with Gasteiger partial charge in [-0.15, -0.1) is 0 Å². The molecule has 1 aliphatic rings. The van der Waals surface area contributed by atoms with E-state index in [4.69, 9.17) is 5.11 Å². The van der Waals surface area contributed by atoms with Crippen molar-refractivity contribution in [3.8, 4) is 22.5 Å². The molecule has 40 heavy (non-hydrogen) atoms. The fraction of sp³-hybridized carbons (Fsp3) is 0.125. The fourth-order valence-corrected chi connectivity index (χ4v) is 5.24. The van der Waals surface area contributed by atoms with E-state index >= 15 is 4.39 Å². The van der Waals surface area contributed by atoms with Crippen molar-refractivity contribution in [2.24, 2.45) is 0 Å². The average molecular weight is 533 g/mol. The summed E-state index contributed by atoms with van der Waals surface area (Å²) in [5, 5.41) is 13.5. The summed E-state index contributed by atoms with van der Waals surface area (Å²) in [5.41, 5.74) is 5.59. The highest BCUT2D eigenvalue weighted by molar-refractivity contribution is 5.94. The van der Waals surface area contributed by atoms with Crippen molar-refractivity contribution in [1.29, 1.82) is 0 Å². The normalized spacial score (nSPS) is 14.9. The lowest BCUT2D eigenvalue weighted by molar-refractivity contribution is -0.131. The Balaban J connectivity index is 1.43. The molecule has 0 saturated carbocycles. The van der Waals surface area contributed by atoms with Gasteiger partial charge in [-0.1, -0.05) is 60.7 Å². The Kier molecular flexibility index (Phi) is 6.43. The summed E-state index contributed by atoms with van der Waals surface area (Å²) < 4.78 is 16.7. The van der Waals surface area contributed by atoms with Gasteiger partial charge in [0.05, 0.1) is 17.4 Å². The first-order valence-corrected chi connectivity index (χ1v) is 12.9. The zero-order valence-corrected chi connectivity index (χ0v) is 21.7. The number of aliphatic carboxylic acids is 1. The SMILES string of the molecule is C[C@@H]1c2ccccc2CCN1C(=O)c1cc(-c2ccccc2)n2nc(-c3ccc(/C=C/C(=O)O)cc3F)cc2n1. The molecule has 6 rings (SSSR count). The minimum Gasteiger partial charge on any atom is -0.478 e. The number of hydrogen-bond donors (Lipinski definition) is 1. The predicted molar refractivity (Wildman–Crippen MR) is 150 cm³/mol. The number of carboxylic acid groups (broad SMARTS) is 1. The quantitative estimate of drug-likeness (QED) is 0.278. The van der Waals surface area contributed by atoms with Crippen molar-refractivity contribution in [2.75, 3.05) is 6.54 Å². The van der Waals surface area contributed by atoms with Gasteiger partial charge < -0.3 is 10.0 Å². The number of rotatable bonds is 5. The summed E-state index contributed by atoms with van der Waals surface area (Å²) in [6.45, 7) is 2.62. The van der Waals surface area contributed by atoms with E-state index in [0.717, 1.165) is 23.6 Å². The Morgan fingerprint density at radius 2 is 1.77 bits per heavy atom. The van der Waals surface area contributed by atoms with Gasteiger partial charge in [-0.05, 0) is 54.3 Å². The number of carbonyl (C=O) groups is 2. The maximum Gasteiger partial charge on any atom is 0.328 e. The van der Waals surface area contributed by atoms with E-state index in [9.17, 15) is 9.59 Å². The van der Waals surface area contributed by atoms with E-state index in [0.29, 0.717) is 34.8 Å². The van der Waals surface area contributed by atoms with Crippen LogP contribution in [0.2, 0.25) is 0 Å². The molecular formula is C32H25FN4O3. The summed E-state index contributed by atoms with van der Waals surface area (Å²) in [6, 6.07) is 25.5. The summed E-state index contributed by atoms with van der Waals surface area (Å²) in [7, 11) is 0. The molecule has 1 aliphatic heterocycles. The van der Waals surface area contributed by atoms with Gasteiger partial charge in [0.1, 0.15) is 11.5 Å². The molecule has 3 heterocycles. The number of nitrogens with zero attached hydrogens (tertiary/aromatic N) is 4. The van der Waals surface area contributed by atoms with Crippen molar-refractivity contribution in [3.63, 3.8) is 0 Å². The van der Waals surface area contributed by atoms with Gasteiger partial charge in [-0.2, -0.15) is 5.10 Å². The Bertz CT molecular complexity index is 1800. The Labute approximate surface area is 229 Å². The summed E-state index contributed by atoms with van der Waals surface area (Å²) in [5.74, 6) is -1.84. The van der Waals surface area contributed by atoms with E-state index in [1.165, 1.54) is 17.7 Å². The molecule has 198 valence electrons. The van der Waals surface area contributed by atoms with Crippen LogP contribution in [0.5, 0.6) is 0 Å². The molecule has 1 atom stereocenters. The van der Waals surface area contributed by atoms with Gasteiger partial charge in [0.2, 0.25) is 0 Å². The number of fused-ring (bicyclic) bond motifs is 2. The van der Waals surface area contributed by atoms with Gasteiger partial charge >= 0.3 is 5.97 Å². The van der Waals surface area contributed by atoms with Crippen LogP contribution in [-0.4, -0.2) is 43.0 Å². The monoisotopic (exact) mass is 532 g/mol. The smallest absolute Gasteiger partial charge is 0.328 e. The van der Waals surface area contributed by atoms with E-state index in [1.54, 1.807) is 28.8 Å². The molecule has 5 aromatic rings. The van der Waals surface area contributed by atoms with E-state index in [1.807, 2.05) is 54.3 Å². The molecular weight excluding hydrogens is 507 g/mol. The lowest BCUT2D eigenvalue weighted by Gasteiger charge is -2.35. The highest BCUT2D eigenvalue weighted by Crippen LogP contribution is 2.32. The van der Waals surface area contributed by atoms with Gasteiger partial charge in [0, 0.05) is 29.8 Å².